The number of ether oxygens (including phenoxy) is 1. The molecule has 164 valence electrons. The molecular weight excluding hydrogens is 430 g/mol. The number of carbonyl (C=O) groups is 1. The Labute approximate surface area is 193 Å². The number of anilines is 2. The SMILES string of the molecule is CCCC(=O)OC1=CSC(CCCc2ccc3c(n2)CCCN3)N1c1ccc(Cl)cc1. The van der Waals surface area contributed by atoms with E-state index in [1.807, 2.05) is 36.6 Å². The molecule has 0 saturated carbocycles. The summed E-state index contributed by atoms with van der Waals surface area (Å²) in [6.45, 7) is 3.01. The van der Waals surface area contributed by atoms with Gasteiger partial charge in [-0.25, -0.2) is 0 Å². The van der Waals surface area contributed by atoms with Gasteiger partial charge in [-0.15, -0.1) is 11.8 Å². The van der Waals surface area contributed by atoms with Crippen LogP contribution in [0, 0.1) is 0 Å². The molecule has 4 rings (SSSR count). The van der Waals surface area contributed by atoms with Crippen LogP contribution in [-0.2, 0) is 22.4 Å². The van der Waals surface area contributed by atoms with Crippen LogP contribution in [-0.4, -0.2) is 22.9 Å². The van der Waals surface area contributed by atoms with Gasteiger partial charge in [-0.2, -0.15) is 0 Å². The number of aryl methyl sites for hydroxylation is 2. The number of nitrogens with zero attached hydrogens (tertiary/aromatic N) is 2. The van der Waals surface area contributed by atoms with E-state index in [0.717, 1.165) is 56.5 Å². The summed E-state index contributed by atoms with van der Waals surface area (Å²) in [4.78, 5) is 19.1. The van der Waals surface area contributed by atoms with Gasteiger partial charge in [0.15, 0.2) is 0 Å². The Kier molecular flexibility index (Phi) is 7.41. The average molecular weight is 458 g/mol. The highest BCUT2D eigenvalue weighted by Gasteiger charge is 2.30. The maximum atomic E-state index is 12.1. The number of thioether (sulfide) groups is 1. The van der Waals surface area contributed by atoms with Crippen LogP contribution < -0.4 is 10.2 Å². The summed E-state index contributed by atoms with van der Waals surface area (Å²) >= 11 is 7.78. The molecule has 0 fully saturated rings. The molecule has 0 spiro atoms. The van der Waals surface area contributed by atoms with Gasteiger partial charge in [-0.3, -0.25) is 14.7 Å². The quantitative estimate of drug-likeness (QED) is 0.480. The smallest absolute Gasteiger partial charge is 0.312 e. The normalized spacial score (nSPS) is 17.7. The molecule has 1 unspecified atom stereocenters. The first-order valence-corrected chi connectivity index (χ1v) is 12.3. The second-order valence-electron chi connectivity index (χ2n) is 7.84. The molecule has 2 aliphatic heterocycles. The number of nitrogens with one attached hydrogen (secondary N) is 1. The third kappa shape index (κ3) is 5.55. The Bertz CT molecular complexity index is 948. The van der Waals surface area contributed by atoms with Gasteiger partial charge < -0.3 is 10.1 Å². The second-order valence-corrected chi connectivity index (χ2v) is 9.33. The summed E-state index contributed by atoms with van der Waals surface area (Å²) in [6.07, 6.45) is 6.27. The van der Waals surface area contributed by atoms with Gasteiger partial charge in [-0.1, -0.05) is 18.5 Å². The molecule has 1 atom stereocenters. The van der Waals surface area contributed by atoms with Crippen LogP contribution in [0.2, 0.25) is 5.02 Å². The lowest BCUT2D eigenvalue weighted by Crippen LogP contribution is -2.30. The predicted molar refractivity (Wildman–Crippen MR) is 128 cm³/mol. The zero-order chi connectivity index (χ0) is 21.6. The highest BCUT2D eigenvalue weighted by molar-refractivity contribution is 8.03. The van der Waals surface area contributed by atoms with Crippen LogP contribution >= 0.6 is 23.4 Å². The van der Waals surface area contributed by atoms with E-state index in [2.05, 4.69) is 22.3 Å². The fraction of sp³-hybridized carbons (Fsp3) is 0.417. The first kappa shape index (κ1) is 22.0. The number of pyridine rings is 1. The van der Waals surface area contributed by atoms with Crippen molar-refractivity contribution in [2.45, 2.75) is 57.2 Å². The first-order valence-electron chi connectivity index (χ1n) is 11.0. The molecule has 0 saturated heterocycles. The van der Waals surface area contributed by atoms with Gasteiger partial charge in [0.2, 0.25) is 5.88 Å². The minimum atomic E-state index is -0.194. The lowest BCUT2D eigenvalue weighted by Gasteiger charge is -2.28. The van der Waals surface area contributed by atoms with E-state index in [1.165, 1.54) is 11.4 Å². The highest BCUT2D eigenvalue weighted by Crippen LogP contribution is 2.39. The Balaban J connectivity index is 1.41. The number of rotatable bonds is 8. The Hall–Kier alpha value is -2.18. The van der Waals surface area contributed by atoms with E-state index >= 15 is 0 Å². The molecule has 1 aromatic carbocycles. The Morgan fingerprint density at radius 1 is 1.29 bits per heavy atom. The van der Waals surface area contributed by atoms with Crippen LogP contribution in [0.15, 0.2) is 47.7 Å². The highest BCUT2D eigenvalue weighted by atomic mass is 35.5. The molecule has 2 aromatic rings. The number of aromatic nitrogens is 1. The molecule has 31 heavy (non-hydrogen) atoms. The van der Waals surface area contributed by atoms with Crippen molar-refractivity contribution in [2.24, 2.45) is 0 Å². The zero-order valence-corrected chi connectivity index (χ0v) is 19.3. The van der Waals surface area contributed by atoms with Crippen LogP contribution in [0.4, 0.5) is 11.4 Å². The number of halogens is 1. The molecule has 2 aliphatic rings. The summed E-state index contributed by atoms with van der Waals surface area (Å²) in [7, 11) is 0. The van der Waals surface area contributed by atoms with Crippen molar-refractivity contribution in [2.75, 3.05) is 16.8 Å². The lowest BCUT2D eigenvalue weighted by molar-refractivity contribution is -0.139. The predicted octanol–water partition coefficient (Wildman–Crippen LogP) is 6.14. The zero-order valence-electron chi connectivity index (χ0n) is 17.8. The summed E-state index contributed by atoms with van der Waals surface area (Å²) in [5.41, 5.74) is 4.49. The molecule has 1 N–H and O–H groups in total. The molecule has 0 aliphatic carbocycles. The van der Waals surface area contributed by atoms with E-state index in [-0.39, 0.29) is 11.3 Å². The largest absolute Gasteiger partial charge is 0.409 e. The fourth-order valence-corrected chi connectivity index (χ4v) is 5.12. The summed E-state index contributed by atoms with van der Waals surface area (Å²) in [6, 6.07) is 12.0. The third-order valence-corrected chi connectivity index (χ3v) is 6.80. The molecule has 0 radical (unpaired) electrons. The monoisotopic (exact) mass is 457 g/mol. The van der Waals surface area contributed by atoms with Crippen LogP contribution in [0.3, 0.4) is 0 Å². The molecule has 0 amide bonds. The van der Waals surface area contributed by atoms with E-state index in [9.17, 15) is 4.79 Å². The lowest BCUT2D eigenvalue weighted by atomic mass is 10.1. The van der Waals surface area contributed by atoms with Crippen molar-refractivity contribution in [3.8, 4) is 0 Å². The Morgan fingerprint density at radius 3 is 2.94 bits per heavy atom. The first-order chi connectivity index (χ1) is 15.1. The average Bonchev–Trinajstić information content (AvgIpc) is 3.16. The van der Waals surface area contributed by atoms with Crippen molar-refractivity contribution >= 4 is 40.7 Å². The maximum Gasteiger partial charge on any atom is 0.312 e. The molecule has 7 heteroatoms. The summed E-state index contributed by atoms with van der Waals surface area (Å²) < 4.78 is 5.68. The standard InChI is InChI=1S/C24H28ClN3O2S/c1-2-5-24(29)30-22-16-31-23(28(22)19-12-9-17(25)10-13-19)8-3-6-18-11-14-20-21(27-18)7-4-15-26-20/h9-14,16,23,26H,2-8,15H2,1H3. The van der Waals surface area contributed by atoms with E-state index in [0.29, 0.717) is 17.3 Å². The van der Waals surface area contributed by atoms with Crippen molar-refractivity contribution in [1.29, 1.82) is 0 Å². The molecule has 5 nitrogen and oxygen atoms in total. The summed E-state index contributed by atoms with van der Waals surface area (Å²) in [5.74, 6) is 0.412. The van der Waals surface area contributed by atoms with Crippen LogP contribution in [0.25, 0.3) is 0 Å². The number of fused-ring (bicyclic) bond motifs is 1. The minimum absolute atomic E-state index is 0.171. The molecular formula is C24H28ClN3O2S. The van der Waals surface area contributed by atoms with Crippen molar-refractivity contribution in [1.82, 2.24) is 4.98 Å². The number of hydrogen-bond donors (Lipinski definition) is 1. The van der Waals surface area contributed by atoms with Crippen LogP contribution in [0.1, 0.15) is 50.4 Å². The molecule has 3 heterocycles. The van der Waals surface area contributed by atoms with Crippen molar-refractivity contribution in [3.63, 3.8) is 0 Å². The number of esters is 1. The van der Waals surface area contributed by atoms with Gasteiger partial charge in [0.25, 0.3) is 0 Å². The summed E-state index contributed by atoms with van der Waals surface area (Å²) in [5, 5.41) is 6.23. The van der Waals surface area contributed by atoms with E-state index < -0.39 is 0 Å². The number of carbonyl (C=O) groups excluding carboxylic acids is 1. The second kappa shape index (κ2) is 10.4. The number of benzene rings is 1. The van der Waals surface area contributed by atoms with Crippen molar-refractivity contribution in [3.05, 3.63) is 64.1 Å². The third-order valence-electron chi connectivity index (χ3n) is 5.45. The topological polar surface area (TPSA) is 54.5 Å². The van der Waals surface area contributed by atoms with Crippen LogP contribution in [0.5, 0.6) is 0 Å². The number of hydrogen-bond acceptors (Lipinski definition) is 6. The maximum absolute atomic E-state index is 12.1. The minimum Gasteiger partial charge on any atom is -0.409 e. The molecule has 1 aromatic heterocycles. The van der Waals surface area contributed by atoms with Crippen molar-refractivity contribution < 1.29 is 9.53 Å². The van der Waals surface area contributed by atoms with E-state index in [1.54, 1.807) is 11.8 Å². The molecule has 0 bridgehead atoms. The van der Waals surface area contributed by atoms with Gasteiger partial charge >= 0.3 is 5.97 Å². The fourth-order valence-electron chi connectivity index (χ4n) is 3.91. The van der Waals surface area contributed by atoms with Gasteiger partial charge in [0.1, 0.15) is 0 Å². The van der Waals surface area contributed by atoms with Gasteiger partial charge in [0.05, 0.1) is 16.8 Å². The van der Waals surface area contributed by atoms with Gasteiger partial charge in [-0.05, 0) is 74.9 Å². The van der Waals surface area contributed by atoms with E-state index in [4.69, 9.17) is 21.3 Å². The van der Waals surface area contributed by atoms with Gasteiger partial charge in [0, 0.05) is 34.8 Å². The Morgan fingerprint density at radius 2 is 2.13 bits per heavy atom.